The van der Waals surface area contributed by atoms with Crippen molar-refractivity contribution in [2.75, 3.05) is 0 Å². The molecule has 4 aliphatic heterocycles. The molecule has 6 aromatic rings. The zero-order chi connectivity index (χ0) is 43.0. The summed E-state index contributed by atoms with van der Waals surface area (Å²) in [6.45, 7) is 0. The summed E-state index contributed by atoms with van der Waals surface area (Å²) in [6.07, 6.45) is 0. The molecular weight excluding hydrogens is 870 g/mol. The molecule has 0 saturated carbocycles. The second-order valence-electron chi connectivity index (χ2n) is 13.2. The number of carbonyl (C=O) groups excluding carboxylic acids is 2. The summed E-state index contributed by atoms with van der Waals surface area (Å²) in [5.74, 6) is -4.32. The second-order valence-corrected chi connectivity index (χ2v) is 14.9. The Morgan fingerprint density at radius 3 is 0.967 bits per heavy atom. The Kier molecular flexibility index (Phi) is 9.63. The van der Waals surface area contributed by atoms with Gasteiger partial charge in [-0.3, -0.25) is 0 Å². The minimum atomic E-state index is -1.82. The number of carboxylic acids is 2. The van der Waals surface area contributed by atoms with Gasteiger partial charge in [-0.05, 0) is 36.4 Å². The molecule has 0 saturated heterocycles. The van der Waals surface area contributed by atoms with E-state index < -0.39 is 35.1 Å². The predicted molar refractivity (Wildman–Crippen MR) is 211 cm³/mol. The number of hydrogen-bond donors (Lipinski definition) is 6. The number of phenols is 4. The van der Waals surface area contributed by atoms with Gasteiger partial charge in [0, 0.05) is 57.6 Å². The number of esters is 2. The van der Waals surface area contributed by atoms with Gasteiger partial charge in [0.25, 0.3) is 0 Å². The van der Waals surface area contributed by atoms with Crippen LogP contribution in [-0.4, -0.2) is 54.5 Å². The van der Waals surface area contributed by atoms with Crippen LogP contribution >= 0.6 is 46.4 Å². The fourth-order valence-electron chi connectivity index (χ4n) is 7.37. The standard InChI is InChI=1S/2C20H10Cl2O5.C2H2O4/c2*21-13-5-11-17(7-15(13)23)26-18-8-16(24)14(22)6-12(18)20(11)10-4-2-1-3-9(10)19(25)27-20;3-1(4)2(5)6/h2*1-8,23-24H;(H,3,4)(H,5,6). The SMILES string of the molecule is O=C(O)C(=O)O.O=C1OC2(c3cc(Cl)c(O)cc3Oc3cc(O)c(Cl)cc32)c2ccccc21.O=C1OC2(c3cc(Cl)c(O)cc3Oc3cc(O)c(Cl)cc32)c2ccccc21. The van der Waals surface area contributed by atoms with E-state index in [2.05, 4.69) is 0 Å². The number of carbonyl (C=O) groups is 4. The number of phenolic OH excluding ortho intramolecular Hbond substituents is 4. The Labute approximate surface area is 356 Å². The zero-order valence-corrected chi connectivity index (χ0v) is 32.7. The van der Waals surface area contributed by atoms with Gasteiger partial charge < -0.3 is 49.6 Å². The number of ether oxygens (including phenoxy) is 4. The number of aromatic hydroxyl groups is 4. The third kappa shape index (κ3) is 6.11. The zero-order valence-electron chi connectivity index (χ0n) is 29.7. The normalized spacial score (nSPS) is 14.7. The van der Waals surface area contributed by atoms with E-state index in [0.29, 0.717) is 44.5 Å². The van der Waals surface area contributed by atoms with E-state index in [1.807, 2.05) is 0 Å². The molecule has 0 fully saturated rings. The van der Waals surface area contributed by atoms with E-state index in [1.54, 1.807) is 48.5 Å². The number of aliphatic carboxylic acids is 2. The van der Waals surface area contributed by atoms with Crippen molar-refractivity contribution < 1.29 is 68.8 Å². The van der Waals surface area contributed by atoms with Crippen molar-refractivity contribution in [3.05, 3.63) is 162 Å². The van der Waals surface area contributed by atoms with Crippen molar-refractivity contribution in [2.45, 2.75) is 11.2 Å². The largest absolute Gasteiger partial charge is 0.506 e. The van der Waals surface area contributed by atoms with Gasteiger partial charge in [0.1, 0.15) is 46.0 Å². The maximum absolute atomic E-state index is 12.6. The van der Waals surface area contributed by atoms with Crippen LogP contribution in [0.5, 0.6) is 46.0 Å². The third-order valence-electron chi connectivity index (χ3n) is 9.88. The van der Waals surface area contributed by atoms with Crippen LogP contribution < -0.4 is 9.47 Å². The van der Waals surface area contributed by atoms with Crippen molar-refractivity contribution in [1.29, 1.82) is 0 Å². The van der Waals surface area contributed by atoms with Crippen molar-refractivity contribution in [1.82, 2.24) is 0 Å². The van der Waals surface area contributed by atoms with E-state index in [4.69, 9.17) is 85.2 Å². The summed E-state index contributed by atoms with van der Waals surface area (Å²) in [5, 5.41) is 55.2. The maximum atomic E-state index is 12.6. The number of halogens is 4. The lowest BCUT2D eigenvalue weighted by molar-refractivity contribution is -0.159. The first-order valence-corrected chi connectivity index (χ1v) is 18.6. The molecule has 0 aromatic heterocycles. The van der Waals surface area contributed by atoms with Crippen LogP contribution in [0.2, 0.25) is 20.1 Å². The fourth-order valence-corrected chi connectivity index (χ4v) is 8.03. The highest BCUT2D eigenvalue weighted by atomic mass is 35.5. The maximum Gasteiger partial charge on any atom is 0.414 e. The first-order chi connectivity index (χ1) is 28.5. The average Bonchev–Trinajstić information content (AvgIpc) is 3.67. The quantitative estimate of drug-likeness (QED) is 0.0618. The molecule has 4 heterocycles. The minimum Gasteiger partial charge on any atom is -0.506 e. The number of rotatable bonds is 0. The van der Waals surface area contributed by atoms with Gasteiger partial charge in [-0.2, -0.15) is 0 Å². The Hall–Kier alpha value is -6.84. The Morgan fingerprint density at radius 2 is 0.700 bits per heavy atom. The summed E-state index contributed by atoms with van der Waals surface area (Å²) in [6, 6.07) is 25.4. The second kappa shape index (κ2) is 14.5. The Balaban J connectivity index is 0.000000147. The molecule has 0 unspecified atom stereocenters. The van der Waals surface area contributed by atoms with Gasteiger partial charge in [-0.15, -0.1) is 0 Å². The Bertz CT molecular complexity index is 2580. The highest BCUT2D eigenvalue weighted by Crippen LogP contribution is 2.60. The number of hydrogen-bond acceptors (Lipinski definition) is 12. The highest BCUT2D eigenvalue weighted by Gasteiger charge is 2.55. The molecule has 2 spiro atoms. The predicted octanol–water partition coefficient (Wildman–Crippen LogP) is 9.10. The van der Waals surface area contributed by atoms with Crippen molar-refractivity contribution in [3.63, 3.8) is 0 Å². The molecule has 14 nitrogen and oxygen atoms in total. The lowest BCUT2D eigenvalue weighted by Gasteiger charge is -2.36. The number of carboxylic acid groups (broad SMARTS) is 2. The summed E-state index contributed by atoms with van der Waals surface area (Å²) in [5.41, 5.74) is 1.13. The topological polar surface area (TPSA) is 227 Å². The molecule has 302 valence electrons. The van der Waals surface area contributed by atoms with E-state index in [9.17, 15) is 30.0 Å². The summed E-state index contributed by atoms with van der Waals surface area (Å²) >= 11 is 24.6. The van der Waals surface area contributed by atoms with Crippen molar-refractivity contribution in [2.24, 2.45) is 0 Å². The molecule has 0 amide bonds. The van der Waals surface area contributed by atoms with Crippen LogP contribution in [0.25, 0.3) is 0 Å². The Morgan fingerprint density at radius 1 is 0.433 bits per heavy atom. The van der Waals surface area contributed by atoms with Gasteiger partial charge >= 0.3 is 23.9 Å². The van der Waals surface area contributed by atoms with Crippen molar-refractivity contribution in [3.8, 4) is 46.0 Å². The number of benzene rings is 6. The van der Waals surface area contributed by atoms with Gasteiger partial charge in [-0.1, -0.05) is 82.8 Å². The van der Waals surface area contributed by atoms with Gasteiger partial charge in [-0.25, -0.2) is 19.2 Å². The molecule has 6 N–H and O–H groups in total. The molecule has 0 radical (unpaired) electrons. The van der Waals surface area contributed by atoms with Crippen LogP contribution in [0, 0.1) is 0 Å². The molecular formula is C42H22Cl4O14. The lowest BCUT2D eigenvalue weighted by atomic mass is 9.77. The molecule has 10 rings (SSSR count). The first kappa shape index (κ1) is 40.0. The van der Waals surface area contributed by atoms with Gasteiger partial charge in [0.2, 0.25) is 0 Å². The lowest BCUT2D eigenvalue weighted by Crippen LogP contribution is -2.33. The summed E-state index contributed by atoms with van der Waals surface area (Å²) in [7, 11) is 0. The van der Waals surface area contributed by atoms with Crippen LogP contribution in [-0.2, 0) is 30.3 Å². The van der Waals surface area contributed by atoms with E-state index in [0.717, 1.165) is 0 Å². The molecule has 0 atom stereocenters. The van der Waals surface area contributed by atoms with Crippen LogP contribution in [0.4, 0.5) is 0 Å². The van der Waals surface area contributed by atoms with E-state index in [1.165, 1.54) is 48.5 Å². The summed E-state index contributed by atoms with van der Waals surface area (Å²) < 4.78 is 23.5. The highest BCUT2D eigenvalue weighted by molar-refractivity contribution is 6.33. The van der Waals surface area contributed by atoms with Crippen LogP contribution in [0.3, 0.4) is 0 Å². The average molecular weight is 892 g/mol. The molecule has 4 aliphatic rings. The third-order valence-corrected chi connectivity index (χ3v) is 11.1. The number of fused-ring (bicyclic) bond motifs is 12. The van der Waals surface area contributed by atoms with E-state index >= 15 is 0 Å². The smallest absolute Gasteiger partial charge is 0.414 e. The fraction of sp³-hybridized carbons (Fsp3) is 0.0476. The first-order valence-electron chi connectivity index (χ1n) is 17.1. The minimum absolute atomic E-state index is 0.0884. The van der Waals surface area contributed by atoms with Gasteiger partial charge in [0.05, 0.1) is 31.2 Å². The van der Waals surface area contributed by atoms with Crippen LogP contribution in [0.15, 0.2) is 97.1 Å². The van der Waals surface area contributed by atoms with Crippen molar-refractivity contribution >= 4 is 70.3 Å². The molecule has 60 heavy (non-hydrogen) atoms. The molecule has 6 aromatic carbocycles. The monoisotopic (exact) mass is 890 g/mol. The summed E-state index contributed by atoms with van der Waals surface area (Å²) in [4.78, 5) is 43.5. The van der Waals surface area contributed by atoms with Gasteiger partial charge in [0.15, 0.2) is 11.2 Å². The van der Waals surface area contributed by atoms with Crippen LogP contribution in [0.1, 0.15) is 54.1 Å². The molecule has 18 heteroatoms. The molecule has 0 bridgehead atoms. The van der Waals surface area contributed by atoms with E-state index in [-0.39, 0.29) is 66.1 Å². The molecule has 0 aliphatic carbocycles.